The number of halogens is 3. The van der Waals surface area contributed by atoms with Crippen molar-refractivity contribution in [2.45, 2.75) is 6.10 Å². The van der Waals surface area contributed by atoms with E-state index in [-0.39, 0.29) is 5.56 Å². The lowest BCUT2D eigenvalue weighted by Crippen LogP contribution is -2.03. The fourth-order valence-corrected chi connectivity index (χ4v) is 2.69. The van der Waals surface area contributed by atoms with Gasteiger partial charge in [-0.1, -0.05) is 22.0 Å². The maximum Gasteiger partial charge on any atom is 0.133 e. The van der Waals surface area contributed by atoms with Crippen LogP contribution in [0.3, 0.4) is 0 Å². The van der Waals surface area contributed by atoms with Crippen LogP contribution in [-0.2, 0) is 0 Å². The van der Waals surface area contributed by atoms with Crippen molar-refractivity contribution in [2.24, 2.45) is 0 Å². The fourth-order valence-electron chi connectivity index (χ4n) is 1.76. The number of aliphatic hydroxyl groups is 1. The molecule has 1 atom stereocenters. The first-order valence-corrected chi connectivity index (χ1v) is 7.08. The standard InChI is InChI=1S/C14H11Br2FO2/c1-19-13-5-2-8(6-11(13)16)14(18)10-7-9(15)3-4-12(10)17/h2-7,14,18H,1H3. The molecule has 0 saturated carbocycles. The van der Waals surface area contributed by atoms with Gasteiger partial charge in [0, 0.05) is 10.0 Å². The van der Waals surface area contributed by atoms with Gasteiger partial charge in [0.2, 0.25) is 0 Å². The second-order valence-corrected chi connectivity index (χ2v) is 5.73. The van der Waals surface area contributed by atoms with Gasteiger partial charge in [-0.15, -0.1) is 0 Å². The van der Waals surface area contributed by atoms with Crippen LogP contribution < -0.4 is 4.74 Å². The van der Waals surface area contributed by atoms with Crippen molar-refractivity contribution in [3.63, 3.8) is 0 Å². The lowest BCUT2D eigenvalue weighted by Gasteiger charge is -2.14. The molecule has 0 aliphatic rings. The van der Waals surface area contributed by atoms with Gasteiger partial charge >= 0.3 is 0 Å². The summed E-state index contributed by atoms with van der Waals surface area (Å²) in [4.78, 5) is 0. The molecule has 0 aromatic heterocycles. The summed E-state index contributed by atoms with van der Waals surface area (Å²) in [5.41, 5.74) is 0.816. The Morgan fingerprint density at radius 2 is 1.89 bits per heavy atom. The van der Waals surface area contributed by atoms with Gasteiger partial charge in [0.25, 0.3) is 0 Å². The summed E-state index contributed by atoms with van der Waals surface area (Å²) in [5.74, 6) is 0.216. The second-order valence-electron chi connectivity index (χ2n) is 3.96. The normalized spacial score (nSPS) is 12.3. The second kappa shape index (κ2) is 6.03. The molecule has 0 bridgehead atoms. The average molecular weight is 390 g/mol. The molecule has 5 heteroatoms. The Morgan fingerprint density at radius 3 is 2.53 bits per heavy atom. The van der Waals surface area contributed by atoms with Crippen LogP contribution in [0.1, 0.15) is 17.2 Å². The van der Waals surface area contributed by atoms with Gasteiger partial charge in [-0.05, 0) is 51.8 Å². The maximum atomic E-state index is 13.7. The van der Waals surface area contributed by atoms with Crippen LogP contribution in [0.5, 0.6) is 5.75 Å². The monoisotopic (exact) mass is 388 g/mol. The summed E-state index contributed by atoms with van der Waals surface area (Å²) in [7, 11) is 1.56. The average Bonchev–Trinajstić information content (AvgIpc) is 2.40. The molecule has 0 heterocycles. The molecular weight excluding hydrogens is 379 g/mol. The van der Waals surface area contributed by atoms with Crippen LogP contribution in [0.2, 0.25) is 0 Å². The fraction of sp³-hybridized carbons (Fsp3) is 0.143. The minimum atomic E-state index is -1.03. The Bertz CT molecular complexity index is 602. The predicted molar refractivity (Wildman–Crippen MR) is 78.9 cm³/mol. The molecule has 0 saturated heterocycles. The van der Waals surface area contributed by atoms with E-state index in [0.29, 0.717) is 15.8 Å². The van der Waals surface area contributed by atoms with Crippen LogP contribution >= 0.6 is 31.9 Å². The van der Waals surface area contributed by atoms with Gasteiger partial charge in [0.1, 0.15) is 17.7 Å². The van der Waals surface area contributed by atoms with Crippen molar-refractivity contribution in [1.82, 2.24) is 0 Å². The summed E-state index contributed by atoms with van der Waals surface area (Å²) >= 11 is 6.61. The lowest BCUT2D eigenvalue weighted by atomic mass is 10.0. The van der Waals surface area contributed by atoms with Crippen LogP contribution in [0.4, 0.5) is 4.39 Å². The first-order chi connectivity index (χ1) is 9.02. The van der Waals surface area contributed by atoms with E-state index in [0.717, 1.165) is 4.47 Å². The van der Waals surface area contributed by atoms with Crippen molar-refractivity contribution in [3.8, 4) is 5.75 Å². The minimum Gasteiger partial charge on any atom is -0.496 e. The topological polar surface area (TPSA) is 29.5 Å². The van der Waals surface area contributed by atoms with Crippen molar-refractivity contribution in [2.75, 3.05) is 7.11 Å². The Hall–Kier alpha value is -0.910. The quantitative estimate of drug-likeness (QED) is 0.840. The van der Waals surface area contributed by atoms with Gasteiger partial charge in [-0.2, -0.15) is 0 Å². The maximum absolute atomic E-state index is 13.7. The van der Waals surface area contributed by atoms with Gasteiger partial charge in [0.15, 0.2) is 0 Å². The summed E-state index contributed by atoms with van der Waals surface area (Å²) in [6.45, 7) is 0. The molecular formula is C14H11Br2FO2. The molecule has 1 unspecified atom stereocenters. The third kappa shape index (κ3) is 3.16. The highest BCUT2D eigenvalue weighted by Gasteiger charge is 2.16. The molecule has 0 amide bonds. The number of aliphatic hydroxyl groups excluding tert-OH is 1. The largest absolute Gasteiger partial charge is 0.496 e. The van der Waals surface area contributed by atoms with E-state index in [4.69, 9.17) is 4.74 Å². The number of hydrogen-bond acceptors (Lipinski definition) is 2. The molecule has 2 aromatic rings. The van der Waals surface area contributed by atoms with Crippen molar-refractivity contribution in [3.05, 3.63) is 62.3 Å². The first kappa shape index (κ1) is 14.5. The Kier molecular flexibility index (Phi) is 4.60. The van der Waals surface area contributed by atoms with E-state index in [1.165, 1.54) is 6.07 Å². The zero-order valence-corrected chi connectivity index (χ0v) is 13.2. The summed E-state index contributed by atoms with van der Waals surface area (Å²) < 4.78 is 20.3. The lowest BCUT2D eigenvalue weighted by molar-refractivity contribution is 0.214. The highest BCUT2D eigenvalue weighted by Crippen LogP contribution is 2.32. The molecule has 0 radical (unpaired) electrons. The molecule has 2 nitrogen and oxygen atoms in total. The Labute approximate surface area is 127 Å². The van der Waals surface area contributed by atoms with Crippen LogP contribution in [-0.4, -0.2) is 12.2 Å². The summed E-state index contributed by atoms with van der Waals surface area (Å²) in [5, 5.41) is 10.3. The molecule has 0 fully saturated rings. The Morgan fingerprint density at radius 1 is 1.16 bits per heavy atom. The van der Waals surface area contributed by atoms with Crippen molar-refractivity contribution in [1.29, 1.82) is 0 Å². The van der Waals surface area contributed by atoms with E-state index >= 15 is 0 Å². The molecule has 0 aliphatic carbocycles. The Balaban J connectivity index is 2.41. The van der Waals surface area contributed by atoms with Crippen LogP contribution in [0, 0.1) is 5.82 Å². The van der Waals surface area contributed by atoms with Crippen LogP contribution in [0.15, 0.2) is 45.3 Å². The number of rotatable bonds is 3. The zero-order chi connectivity index (χ0) is 14.0. The van der Waals surface area contributed by atoms with E-state index in [2.05, 4.69) is 31.9 Å². The van der Waals surface area contributed by atoms with Crippen molar-refractivity contribution >= 4 is 31.9 Å². The highest BCUT2D eigenvalue weighted by molar-refractivity contribution is 9.10. The molecule has 1 N–H and O–H groups in total. The molecule has 0 spiro atoms. The van der Waals surface area contributed by atoms with E-state index in [1.54, 1.807) is 37.4 Å². The van der Waals surface area contributed by atoms with Crippen molar-refractivity contribution < 1.29 is 14.2 Å². The molecule has 0 aliphatic heterocycles. The van der Waals surface area contributed by atoms with Gasteiger partial charge in [0.05, 0.1) is 11.6 Å². The molecule has 19 heavy (non-hydrogen) atoms. The third-order valence-corrected chi connectivity index (χ3v) is 3.86. The van der Waals surface area contributed by atoms with Crippen LogP contribution in [0.25, 0.3) is 0 Å². The van der Waals surface area contributed by atoms with Gasteiger partial charge in [-0.3, -0.25) is 0 Å². The van der Waals surface area contributed by atoms with E-state index < -0.39 is 11.9 Å². The molecule has 2 aromatic carbocycles. The zero-order valence-electron chi connectivity index (χ0n) is 10.0. The van der Waals surface area contributed by atoms with Gasteiger partial charge < -0.3 is 9.84 Å². The number of hydrogen-bond donors (Lipinski definition) is 1. The summed E-state index contributed by atoms with van der Waals surface area (Å²) in [6.07, 6.45) is -1.03. The third-order valence-electron chi connectivity index (χ3n) is 2.74. The molecule has 2 rings (SSSR count). The van der Waals surface area contributed by atoms with E-state index in [1.807, 2.05) is 0 Å². The number of methoxy groups -OCH3 is 1. The predicted octanol–water partition coefficient (Wildman–Crippen LogP) is 4.44. The smallest absolute Gasteiger partial charge is 0.133 e. The van der Waals surface area contributed by atoms with E-state index in [9.17, 15) is 9.50 Å². The minimum absolute atomic E-state index is 0.228. The summed E-state index contributed by atoms with van der Waals surface area (Å²) in [6, 6.07) is 9.62. The van der Waals surface area contributed by atoms with Gasteiger partial charge in [-0.25, -0.2) is 4.39 Å². The molecule has 100 valence electrons. The SMILES string of the molecule is COc1ccc(C(O)c2cc(Br)ccc2F)cc1Br. The number of benzene rings is 2. The highest BCUT2D eigenvalue weighted by atomic mass is 79.9. The first-order valence-electron chi connectivity index (χ1n) is 5.49. The number of ether oxygens (including phenoxy) is 1.